The van der Waals surface area contributed by atoms with E-state index in [0.717, 1.165) is 52.8 Å². The number of benzene rings is 3. The number of fused-ring (bicyclic) bond motifs is 3. The number of rotatable bonds is 10. The van der Waals surface area contributed by atoms with Crippen molar-refractivity contribution in [1.82, 2.24) is 0 Å². The molecule has 2 fully saturated rings. The third-order valence-electron chi connectivity index (χ3n) is 9.66. The molecule has 0 unspecified atom stereocenters. The molecule has 3 aromatic carbocycles. The van der Waals surface area contributed by atoms with Crippen molar-refractivity contribution in [2.75, 3.05) is 18.1 Å². The Balaban J connectivity index is 1.28. The molecule has 0 bridgehead atoms. The number of hydrogen-bond donors (Lipinski definition) is 3. The molecule has 2 amide bonds. The maximum atomic E-state index is 14.0. The molecule has 2 heterocycles. The smallest absolute Gasteiger partial charge is 0.488 e. The predicted octanol–water partition coefficient (Wildman–Crippen LogP) is 4.86. The molecule has 2 saturated heterocycles. The van der Waals surface area contributed by atoms with E-state index < -0.39 is 19.0 Å². The molecule has 9 heteroatoms. The molecule has 8 nitrogen and oxygen atoms in total. The number of phenols is 1. The number of aromatic hydroxyl groups is 1. The average Bonchev–Trinajstić information content (AvgIpc) is 3.59. The van der Waals surface area contributed by atoms with E-state index in [4.69, 9.17) is 9.47 Å². The number of amides is 2. The molecular weight excluding hydrogens is 581 g/mol. The van der Waals surface area contributed by atoms with Crippen molar-refractivity contribution in [3.8, 4) is 11.5 Å². The first kappa shape index (κ1) is 31.8. The summed E-state index contributed by atoms with van der Waals surface area (Å²) in [4.78, 5) is 29.1. The molecule has 0 saturated carbocycles. The monoisotopic (exact) mass is 621 g/mol. The van der Waals surface area contributed by atoms with Gasteiger partial charge in [-0.25, -0.2) is 0 Å². The maximum Gasteiger partial charge on any atom is 0.488 e. The van der Waals surface area contributed by atoms with Crippen LogP contribution in [0.15, 0.2) is 83.4 Å². The van der Waals surface area contributed by atoms with Gasteiger partial charge in [0, 0.05) is 5.92 Å². The SMILES string of the molecule is CC/C(=C\c1cc(C)c(O)c(C)c1)CC[C@H]1OC[C@H]2C1=C(COc1ccccc1)C[C@H]1C(=O)N(c3cccc(B(O)O)c3)C(=O)[C@H]12. The van der Waals surface area contributed by atoms with Gasteiger partial charge in [-0.2, -0.15) is 0 Å². The molecule has 238 valence electrons. The second kappa shape index (κ2) is 13.3. The number of imide groups is 1. The molecule has 1 aliphatic carbocycles. The normalized spacial score (nSPS) is 22.7. The minimum atomic E-state index is -1.71. The van der Waals surface area contributed by atoms with E-state index in [1.807, 2.05) is 56.3 Å². The van der Waals surface area contributed by atoms with Gasteiger partial charge in [-0.15, -0.1) is 0 Å². The number of anilines is 1. The Morgan fingerprint density at radius 2 is 1.74 bits per heavy atom. The molecular formula is C37H40BNO7. The van der Waals surface area contributed by atoms with Crippen molar-refractivity contribution < 1.29 is 34.2 Å². The van der Waals surface area contributed by atoms with Gasteiger partial charge in [0.2, 0.25) is 11.8 Å². The van der Waals surface area contributed by atoms with E-state index in [0.29, 0.717) is 31.1 Å². The van der Waals surface area contributed by atoms with Crippen LogP contribution in [0.5, 0.6) is 11.5 Å². The third kappa shape index (κ3) is 6.15. The Hall–Kier alpha value is -4.18. The minimum absolute atomic E-state index is 0.205. The Labute approximate surface area is 270 Å². The molecule has 3 N–H and O–H groups in total. The third-order valence-corrected chi connectivity index (χ3v) is 9.66. The first-order valence-electron chi connectivity index (χ1n) is 16.0. The van der Waals surface area contributed by atoms with Crippen LogP contribution in [0.3, 0.4) is 0 Å². The molecule has 3 aromatic rings. The van der Waals surface area contributed by atoms with Crippen LogP contribution in [-0.2, 0) is 14.3 Å². The highest BCUT2D eigenvalue weighted by molar-refractivity contribution is 6.58. The fourth-order valence-corrected chi connectivity index (χ4v) is 7.35. The van der Waals surface area contributed by atoms with E-state index in [-0.39, 0.29) is 29.3 Å². The van der Waals surface area contributed by atoms with Crippen LogP contribution < -0.4 is 15.1 Å². The summed E-state index contributed by atoms with van der Waals surface area (Å²) < 4.78 is 12.7. The highest BCUT2D eigenvalue weighted by Gasteiger charge is 2.57. The lowest BCUT2D eigenvalue weighted by Gasteiger charge is -2.31. The van der Waals surface area contributed by atoms with E-state index >= 15 is 0 Å². The number of ether oxygens (including phenoxy) is 2. The first-order valence-corrected chi connectivity index (χ1v) is 16.0. The summed E-state index contributed by atoms with van der Waals surface area (Å²) >= 11 is 0. The van der Waals surface area contributed by atoms with Gasteiger partial charge in [-0.1, -0.05) is 48.9 Å². The van der Waals surface area contributed by atoms with Crippen LogP contribution in [-0.4, -0.2) is 53.4 Å². The van der Waals surface area contributed by atoms with Crippen molar-refractivity contribution >= 4 is 36.2 Å². The van der Waals surface area contributed by atoms with Gasteiger partial charge in [0.1, 0.15) is 18.1 Å². The highest BCUT2D eigenvalue weighted by atomic mass is 16.5. The van der Waals surface area contributed by atoms with Crippen molar-refractivity contribution in [1.29, 1.82) is 0 Å². The average molecular weight is 622 g/mol. The zero-order valence-electron chi connectivity index (χ0n) is 26.5. The fourth-order valence-electron chi connectivity index (χ4n) is 7.35. The van der Waals surface area contributed by atoms with Gasteiger partial charge in [-0.05, 0) is 109 Å². The summed E-state index contributed by atoms with van der Waals surface area (Å²) in [5, 5.41) is 29.6. The van der Waals surface area contributed by atoms with Crippen LogP contribution in [0.1, 0.15) is 49.3 Å². The number of allylic oxidation sites excluding steroid dienone is 1. The van der Waals surface area contributed by atoms with Crippen molar-refractivity contribution in [3.63, 3.8) is 0 Å². The van der Waals surface area contributed by atoms with Crippen LogP contribution in [0.2, 0.25) is 0 Å². The van der Waals surface area contributed by atoms with Crippen LogP contribution in [0.25, 0.3) is 6.08 Å². The zero-order valence-corrected chi connectivity index (χ0v) is 26.5. The Kier molecular flexibility index (Phi) is 9.18. The van der Waals surface area contributed by atoms with Gasteiger partial charge >= 0.3 is 7.12 Å². The number of para-hydroxylation sites is 1. The summed E-state index contributed by atoms with van der Waals surface area (Å²) in [6.07, 6.45) is 4.78. The topological polar surface area (TPSA) is 117 Å². The Morgan fingerprint density at radius 1 is 1.00 bits per heavy atom. The second-order valence-electron chi connectivity index (χ2n) is 12.6. The molecule has 0 radical (unpaired) electrons. The predicted molar refractivity (Wildman–Crippen MR) is 178 cm³/mol. The molecule has 46 heavy (non-hydrogen) atoms. The first-order chi connectivity index (χ1) is 22.2. The largest absolute Gasteiger partial charge is 0.507 e. The lowest BCUT2D eigenvalue weighted by Crippen LogP contribution is -2.36. The van der Waals surface area contributed by atoms with E-state index in [2.05, 4.69) is 13.0 Å². The Bertz CT molecular complexity index is 1680. The minimum Gasteiger partial charge on any atom is -0.507 e. The van der Waals surface area contributed by atoms with Gasteiger partial charge in [-0.3, -0.25) is 14.5 Å². The standard InChI is InChI=1S/C37H40BNO7/c1-4-24(17-25-15-22(2)35(40)23(3)16-25)13-14-32-33-26(20-45-29-11-6-5-7-12-29)18-30-34(31(33)21-46-32)37(42)39(36(30)41)28-10-8-9-27(19-28)38(43)44/h5-12,15-17,19,30-32,34,40,43-44H,4,13-14,18,20-21H2,1-3H3/b24-17+/t30-,31+,32-,34-/m1/s1. The zero-order chi connectivity index (χ0) is 32.5. The van der Waals surface area contributed by atoms with Crippen LogP contribution in [0, 0.1) is 31.6 Å². The Morgan fingerprint density at radius 3 is 2.43 bits per heavy atom. The maximum absolute atomic E-state index is 14.0. The number of carbonyl (C=O) groups is 2. The van der Waals surface area contributed by atoms with Crippen molar-refractivity contribution in [3.05, 3.63) is 100 Å². The number of carbonyl (C=O) groups excluding carboxylic acids is 2. The quantitative estimate of drug-likeness (QED) is 0.168. The summed E-state index contributed by atoms with van der Waals surface area (Å²) in [5.74, 6) is -0.854. The second-order valence-corrected chi connectivity index (χ2v) is 12.6. The van der Waals surface area contributed by atoms with Gasteiger partial charge < -0.3 is 24.6 Å². The van der Waals surface area contributed by atoms with Crippen LogP contribution >= 0.6 is 0 Å². The number of aryl methyl sites for hydroxylation is 2. The van der Waals surface area contributed by atoms with E-state index in [1.54, 1.807) is 18.2 Å². The molecule has 0 spiro atoms. The summed E-state index contributed by atoms with van der Waals surface area (Å²) in [6.45, 7) is 6.59. The molecule has 4 atom stereocenters. The van der Waals surface area contributed by atoms with Gasteiger partial charge in [0.25, 0.3) is 0 Å². The molecule has 3 aliphatic rings. The summed E-state index contributed by atoms with van der Waals surface area (Å²) in [6, 6.07) is 19.8. The highest BCUT2D eigenvalue weighted by Crippen LogP contribution is 2.50. The van der Waals surface area contributed by atoms with Crippen molar-refractivity contribution in [2.24, 2.45) is 17.8 Å². The van der Waals surface area contributed by atoms with E-state index in [9.17, 15) is 24.7 Å². The molecule has 2 aliphatic heterocycles. The fraction of sp³-hybridized carbons (Fsp3) is 0.351. The number of phenolic OH excluding ortho intramolecular Hbond substituents is 1. The van der Waals surface area contributed by atoms with Crippen LogP contribution in [0.4, 0.5) is 5.69 Å². The van der Waals surface area contributed by atoms with Crippen molar-refractivity contribution in [2.45, 2.75) is 52.6 Å². The lowest BCUT2D eigenvalue weighted by molar-refractivity contribution is -0.122. The van der Waals surface area contributed by atoms with Gasteiger partial charge in [0.15, 0.2) is 0 Å². The van der Waals surface area contributed by atoms with E-state index in [1.165, 1.54) is 16.5 Å². The number of hydrogen-bond acceptors (Lipinski definition) is 7. The summed E-state index contributed by atoms with van der Waals surface area (Å²) in [7, 11) is -1.71. The summed E-state index contributed by atoms with van der Waals surface area (Å²) in [5.41, 5.74) is 6.64. The molecule has 0 aromatic heterocycles. The van der Waals surface area contributed by atoms with Gasteiger partial charge in [0.05, 0.1) is 30.2 Å². The lowest BCUT2D eigenvalue weighted by atomic mass is 9.69. The number of nitrogens with zero attached hydrogens (tertiary/aromatic N) is 1. The molecule has 6 rings (SSSR count).